The molecule has 23 heavy (non-hydrogen) atoms. The summed E-state index contributed by atoms with van der Waals surface area (Å²) in [6.45, 7) is 2.71. The number of pyridine rings is 1. The van der Waals surface area contributed by atoms with Crippen LogP contribution in [0, 0.1) is 0 Å². The van der Waals surface area contributed by atoms with Gasteiger partial charge in [-0.2, -0.15) is 10.1 Å². The molecule has 0 saturated heterocycles. The Morgan fingerprint density at radius 2 is 2.17 bits per heavy atom. The molecule has 0 unspecified atom stereocenters. The molecule has 10 heteroatoms. The number of rotatable bonds is 6. The number of nitrogens with one attached hydrogen (secondary N) is 2. The third-order valence-corrected chi connectivity index (χ3v) is 3.94. The Hall–Kier alpha value is -2.75. The monoisotopic (exact) mass is 330 g/mol. The lowest BCUT2D eigenvalue weighted by Gasteiger charge is -2.07. The Morgan fingerprint density at radius 1 is 1.35 bits per heavy atom. The number of anilines is 1. The zero-order valence-corrected chi connectivity index (χ0v) is 13.1. The standard InChI is InChI=1S/C13H14N8OS/c1-2-21-11(9-3-5-14-6-4-9)18-20-13(21)23-7-10(22)17-12-15-8-16-19-12/h3-6,8H,2,7H2,1H3,(H2,15,16,17,19,22). The van der Waals surface area contributed by atoms with E-state index in [0.717, 1.165) is 11.4 Å². The molecule has 0 saturated carbocycles. The average molecular weight is 330 g/mol. The highest BCUT2D eigenvalue weighted by atomic mass is 32.2. The van der Waals surface area contributed by atoms with Crippen LogP contribution in [0.2, 0.25) is 0 Å². The lowest BCUT2D eigenvalue weighted by atomic mass is 10.2. The first kappa shape index (κ1) is 15.2. The Balaban J connectivity index is 1.69. The number of carbonyl (C=O) groups excluding carboxylic acids is 1. The Bertz CT molecular complexity index is 771. The second kappa shape index (κ2) is 7.01. The second-order valence-corrected chi connectivity index (χ2v) is 5.40. The summed E-state index contributed by atoms with van der Waals surface area (Å²) in [4.78, 5) is 19.7. The van der Waals surface area contributed by atoms with Crippen molar-refractivity contribution in [2.24, 2.45) is 0 Å². The van der Waals surface area contributed by atoms with Crippen LogP contribution in [0.15, 0.2) is 36.0 Å². The van der Waals surface area contributed by atoms with Gasteiger partial charge in [0.25, 0.3) is 0 Å². The van der Waals surface area contributed by atoms with Crippen LogP contribution in [-0.2, 0) is 11.3 Å². The molecular formula is C13H14N8OS. The molecule has 9 nitrogen and oxygen atoms in total. The fourth-order valence-electron chi connectivity index (χ4n) is 1.96. The minimum atomic E-state index is -0.192. The van der Waals surface area contributed by atoms with E-state index in [9.17, 15) is 4.79 Å². The van der Waals surface area contributed by atoms with Crippen molar-refractivity contribution in [1.29, 1.82) is 0 Å². The predicted molar refractivity (Wildman–Crippen MR) is 84.7 cm³/mol. The molecule has 3 heterocycles. The summed E-state index contributed by atoms with van der Waals surface area (Å²) in [5.74, 6) is 1.09. The van der Waals surface area contributed by atoms with E-state index < -0.39 is 0 Å². The molecule has 0 aliphatic heterocycles. The Morgan fingerprint density at radius 3 is 2.87 bits per heavy atom. The van der Waals surface area contributed by atoms with Gasteiger partial charge in [-0.15, -0.1) is 10.2 Å². The number of thioether (sulfide) groups is 1. The molecule has 1 amide bonds. The van der Waals surface area contributed by atoms with Gasteiger partial charge in [0.1, 0.15) is 6.33 Å². The molecule has 2 N–H and O–H groups in total. The number of amides is 1. The molecule has 118 valence electrons. The van der Waals surface area contributed by atoms with E-state index in [0.29, 0.717) is 17.6 Å². The molecule has 0 fully saturated rings. The maximum atomic E-state index is 11.9. The summed E-state index contributed by atoms with van der Waals surface area (Å²) in [5.41, 5.74) is 0.937. The molecule has 0 atom stereocenters. The zero-order valence-electron chi connectivity index (χ0n) is 12.3. The normalized spacial score (nSPS) is 10.7. The molecule has 3 rings (SSSR count). The average Bonchev–Trinajstić information content (AvgIpc) is 3.22. The molecule has 0 aliphatic rings. The number of nitrogens with zero attached hydrogens (tertiary/aromatic N) is 6. The van der Waals surface area contributed by atoms with Crippen LogP contribution in [0.25, 0.3) is 11.4 Å². The van der Waals surface area contributed by atoms with Crippen LogP contribution in [0.3, 0.4) is 0 Å². The van der Waals surface area contributed by atoms with Gasteiger partial charge in [-0.25, -0.2) is 5.10 Å². The van der Waals surface area contributed by atoms with E-state index in [2.05, 4.69) is 35.7 Å². The first-order chi connectivity index (χ1) is 11.3. The van der Waals surface area contributed by atoms with Crippen molar-refractivity contribution in [3.8, 4) is 11.4 Å². The van der Waals surface area contributed by atoms with Crippen LogP contribution in [0.1, 0.15) is 6.92 Å². The highest BCUT2D eigenvalue weighted by Crippen LogP contribution is 2.23. The van der Waals surface area contributed by atoms with Gasteiger partial charge in [0.2, 0.25) is 11.9 Å². The summed E-state index contributed by atoms with van der Waals surface area (Å²) in [6, 6.07) is 3.75. The van der Waals surface area contributed by atoms with Crippen molar-refractivity contribution in [3.63, 3.8) is 0 Å². The first-order valence-corrected chi connectivity index (χ1v) is 7.88. The Kier molecular flexibility index (Phi) is 4.62. The van der Waals surface area contributed by atoms with E-state index in [1.54, 1.807) is 12.4 Å². The minimum Gasteiger partial charge on any atom is -0.302 e. The van der Waals surface area contributed by atoms with E-state index in [-0.39, 0.29) is 11.7 Å². The van der Waals surface area contributed by atoms with E-state index >= 15 is 0 Å². The van der Waals surface area contributed by atoms with Crippen LogP contribution in [0.4, 0.5) is 5.95 Å². The van der Waals surface area contributed by atoms with E-state index in [4.69, 9.17) is 0 Å². The van der Waals surface area contributed by atoms with Crippen molar-refractivity contribution < 1.29 is 4.79 Å². The van der Waals surface area contributed by atoms with Gasteiger partial charge < -0.3 is 4.57 Å². The topological polar surface area (TPSA) is 114 Å². The fraction of sp³-hybridized carbons (Fsp3) is 0.231. The molecule has 0 bridgehead atoms. The lowest BCUT2D eigenvalue weighted by Crippen LogP contribution is -2.15. The minimum absolute atomic E-state index is 0.192. The number of hydrogen-bond donors (Lipinski definition) is 2. The Labute approximate surface area is 136 Å². The summed E-state index contributed by atoms with van der Waals surface area (Å²) in [7, 11) is 0. The summed E-state index contributed by atoms with van der Waals surface area (Å²) >= 11 is 1.32. The van der Waals surface area contributed by atoms with Crippen molar-refractivity contribution in [3.05, 3.63) is 30.9 Å². The zero-order chi connectivity index (χ0) is 16.1. The molecule has 0 aromatic carbocycles. The highest BCUT2D eigenvalue weighted by Gasteiger charge is 2.14. The van der Waals surface area contributed by atoms with Crippen LogP contribution in [-0.4, -0.2) is 46.6 Å². The molecule has 0 radical (unpaired) electrons. The van der Waals surface area contributed by atoms with Gasteiger partial charge in [0, 0.05) is 24.5 Å². The molecule has 3 aromatic heterocycles. The highest BCUT2D eigenvalue weighted by molar-refractivity contribution is 7.99. The van der Waals surface area contributed by atoms with Crippen LogP contribution < -0.4 is 5.32 Å². The van der Waals surface area contributed by atoms with Gasteiger partial charge in [0.15, 0.2) is 11.0 Å². The predicted octanol–water partition coefficient (Wildman–Crippen LogP) is 1.21. The first-order valence-electron chi connectivity index (χ1n) is 6.89. The number of aromatic amines is 1. The lowest BCUT2D eigenvalue weighted by molar-refractivity contribution is -0.113. The van der Waals surface area contributed by atoms with Crippen molar-refractivity contribution in [2.45, 2.75) is 18.6 Å². The third kappa shape index (κ3) is 3.54. The summed E-state index contributed by atoms with van der Waals surface area (Å²) in [5, 5.41) is 17.9. The SMILES string of the molecule is CCn1c(SCC(=O)Nc2ncn[nH]2)nnc1-c1ccncc1. The smallest absolute Gasteiger partial charge is 0.237 e. The van der Waals surface area contributed by atoms with Crippen LogP contribution in [0.5, 0.6) is 0 Å². The van der Waals surface area contributed by atoms with Gasteiger partial charge in [-0.1, -0.05) is 11.8 Å². The van der Waals surface area contributed by atoms with Crippen molar-refractivity contribution in [1.82, 2.24) is 34.9 Å². The van der Waals surface area contributed by atoms with Gasteiger partial charge in [-0.05, 0) is 19.1 Å². The molecule has 0 aliphatic carbocycles. The third-order valence-electron chi connectivity index (χ3n) is 2.98. The maximum absolute atomic E-state index is 11.9. The second-order valence-electron chi connectivity index (χ2n) is 4.46. The number of carbonyl (C=O) groups is 1. The summed E-state index contributed by atoms with van der Waals surface area (Å²) in [6.07, 6.45) is 4.75. The number of H-pyrrole nitrogens is 1. The summed E-state index contributed by atoms with van der Waals surface area (Å²) < 4.78 is 1.96. The quantitative estimate of drug-likeness (QED) is 0.653. The van der Waals surface area contributed by atoms with Crippen LogP contribution >= 0.6 is 11.8 Å². The number of hydrogen-bond acceptors (Lipinski definition) is 7. The van der Waals surface area contributed by atoms with Gasteiger partial charge in [-0.3, -0.25) is 15.1 Å². The largest absolute Gasteiger partial charge is 0.302 e. The van der Waals surface area contributed by atoms with Gasteiger partial charge >= 0.3 is 0 Å². The molecule has 0 spiro atoms. The van der Waals surface area contributed by atoms with Gasteiger partial charge in [0.05, 0.1) is 5.75 Å². The fourth-order valence-corrected chi connectivity index (χ4v) is 2.76. The van der Waals surface area contributed by atoms with E-state index in [1.807, 2.05) is 23.6 Å². The molecule has 3 aromatic rings. The van der Waals surface area contributed by atoms with E-state index in [1.165, 1.54) is 18.1 Å². The van der Waals surface area contributed by atoms with Crippen molar-refractivity contribution in [2.75, 3.05) is 11.1 Å². The van der Waals surface area contributed by atoms with Crippen molar-refractivity contribution >= 4 is 23.6 Å². The number of aromatic nitrogens is 7. The molecular weight excluding hydrogens is 316 g/mol. The maximum Gasteiger partial charge on any atom is 0.237 e.